The van der Waals surface area contributed by atoms with E-state index in [4.69, 9.17) is 10.8 Å². The average Bonchev–Trinajstić information content (AvgIpc) is 1.57. The molecule has 0 saturated heterocycles. The Hall–Kier alpha value is -0.570. The number of carboxylic acid groups (broad SMARTS) is 1. The largest absolute Gasteiger partial charge is 0.480 e. The molecule has 1 atom stereocenters. The van der Waals surface area contributed by atoms with E-state index >= 15 is 0 Å². The van der Waals surface area contributed by atoms with Gasteiger partial charge in [-0.15, -0.1) is 0 Å². The molecule has 1 aliphatic carbocycles. The Morgan fingerprint density at radius 2 is 2.20 bits per heavy atom. The number of carboxylic acids is 1. The van der Waals surface area contributed by atoms with Crippen LogP contribution < -0.4 is 5.73 Å². The second kappa shape index (κ2) is 2.23. The van der Waals surface area contributed by atoms with Crippen molar-refractivity contribution in [2.24, 2.45) is 11.7 Å². The minimum atomic E-state index is -0.988. The van der Waals surface area contributed by atoms with Gasteiger partial charge in [0.1, 0.15) is 5.54 Å². The number of nitrogens with two attached hydrogens (primary N) is 1. The van der Waals surface area contributed by atoms with Crippen LogP contribution in [0.15, 0.2) is 0 Å². The third-order valence-corrected chi connectivity index (χ3v) is 2.41. The molecule has 0 amide bonds. The second-order valence-electron chi connectivity index (χ2n) is 3.22. The molecule has 3 heteroatoms. The highest BCUT2D eigenvalue weighted by atomic mass is 16.4. The van der Waals surface area contributed by atoms with Gasteiger partial charge in [0.2, 0.25) is 0 Å². The second-order valence-corrected chi connectivity index (χ2v) is 3.22. The van der Waals surface area contributed by atoms with Gasteiger partial charge in [-0.05, 0) is 25.7 Å². The number of hydrogen-bond donors (Lipinski definition) is 2. The first-order valence-electron chi connectivity index (χ1n) is 3.57. The molecule has 0 spiro atoms. The van der Waals surface area contributed by atoms with E-state index in [2.05, 4.69) is 0 Å². The van der Waals surface area contributed by atoms with Gasteiger partial charge in [-0.3, -0.25) is 4.79 Å². The molecule has 0 aromatic carbocycles. The molecule has 10 heavy (non-hydrogen) atoms. The van der Waals surface area contributed by atoms with Gasteiger partial charge in [0.15, 0.2) is 0 Å². The maximum Gasteiger partial charge on any atom is 0.323 e. The Balaban J connectivity index is 2.57. The van der Waals surface area contributed by atoms with E-state index in [1.54, 1.807) is 6.92 Å². The third kappa shape index (κ3) is 1.01. The maximum atomic E-state index is 10.5. The lowest BCUT2D eigenvalue weighted by molar-refractivity contribution is -0.146. The van der Waals surface area contributed by atoms with Gasteiger partial charge in [-0.1, -0.05) is 6.42 Å². The van der Waals surface area contributed by atoms with E-state index in [9.17, 15) is 4.79 Å². The number of hydrogen-bond acceptors (Lipinski definition) is 2. The molecule has 1 saturated carbocycles. The van der Waals surface area contributed by atoms with Crippen molar-refractivity contribution in [3.8, 4) is 0 Å². The summed E-state index contributed by atoms with van der Waals surface area (Å²) in [7, 11) is 0. The van der Waals surface area contributed by atoms with E-state index in [-0.39, 0.29) is 5.92 Å². The van der Waals surface area contributed by atoms with Crippen LogP contribution in [0.3, 0.4) is 0 Å². The predicted molar refractivity (Wildman–Crippen MR) is 37.6 cm³/mol. The lowest BCUT2D eigenvalue weighted by Crippen LogP contribution is -2.53. The molecule has 3 N–H and O–H groups in total. The van der Waals surface area contributed by atoms with Gasteiger partial charge in [-0.25, -0.2) is 0 Å². The van der Waals surface area contributed by atoms with Crippen molar-refractivity contribution in [2.75, 3.05) is 0 Å². The molecule has 3 nitrogen and oxygen atoms in total. The molecule has 1 fully saturated rings. The summed E-state index contributed by atoms with van der Waals surface area (Å²) in [5, 5.41) is 8.65. The molecule has 0 aliphatic heterocycles. The first-order valence-corrected chi connectivity index (χ1v) is 3.57. The summed E-state index contributed by atoms with van der Waals surface area (Å²) in [6, 6.07) is 0. The summed E-state index contributed by atoms with van der Waals surface area (Å²) in [5.41, 5.74) is 4.58. The lowest BCUT2D eigenvalue weighted by Gasteiger charge is -2.36. The fraction of sp³-hybridized carbons (Fsp3) is 0.857. The van der Waals surface area contributed by atoms with Gasteiger partial charge >= 0.3 is 5.97 Å². The maximum absolute atomic E-state index is 10.5. The summed E-state index contributed by atoms with van der Waals surface area (Å²) in [5.74, 6) is -0.679. The van der Waals surface area contributed by atoms with Gasteiger partial charge in [-0.2, -0.15) is 0 Å². The standard InChI is InChI=1S/C7H13NO2/c1-7(8,6(9)10)5-3-2-4-5/h5H,2-4,8H2,1H3,(H,9,10). The van der Waals surface area contributed by atoms with Crippen LogP contribution in [0.5, 0.6) is 0 Å². The minimum Gasteiger partial charge on any atom is -0.480 e. The van der Waals surface area contributed by atoms with Gasteiger partial charge in [0, 0.05) is 0 Å². The fourth-order valence-electron chi connectivity index (χ4n) is 1.18. The van der Waals surface area contributed by atoms with Crippen molar-refractivity contribution in [2.45, 2.75) is 31.7 Å². The molecule has 0 aromatic rings. The Bertz CT molecular complexity index is 150. The monoisotopic (exact) mass is 143 g/mol. The van der Waals surface area contributed by atoms with Gasteiger partial charge in [0.05, 0.1) is 0 Å². The molecule has 0 bridgehead atoms. The molecule has 1 rings (SSSR count). The van der Waals surface area contributed by atoms with Crippen LogP contribution in [-0.2, 0) is 4.79 Å². The molecule has 1 aliphatic rings. The van der Waals surface area contributed by atoms with Crippen molar-refractivity contribution in [1.29, 1.82) is 0 Å². The molecule has 0 aromatic heterocycles. The highest BCUT2D eigenvalue weighted by Gasteiger charge is 2.40. The third-order valence-electron chi connectivity index (χ3n) is 2.41. The van der Waals surface area contributed by atoms with Crippen LogP contribution >= 0.6 is 0 Å². The number of rotatable bonds is 2. The van der Waals surface area contributed by atoms with Crippen LogP contribution in [-0.4, -0.2) is 16.6 Å². The summed E-state index contributed by atoms with van der Waals surface area (Å²) in [6.45, 7) is 1.60. The molecular weight excluding hydrogens is 130 g/mol. The van der Waals surface area contributed by atoms with Crippen molar-refractivity contribution in [3.05, 3.63) is 0 Å². The van der Waals surface area contributed by atoms with Crippen LogP contribution in [0.2, 0.25) is 0 Å². The van der Waals surface area contributed by atoms with E-state index in [0.717, 1.165) is 19.3 Å². The van der Waals surface area contributed by atoms with Crippen LogP contribution in [0.1, 0.15) is 26.2 Å². The summed E-state index contributed by atoms with van der Waals surface area (Å²) < 4.78 is 0. The summed E-state index contributed by atoms with van der Waals surface area (Å²) >= 11 is 0. The molecule has 0 radical (unpaired) electrons. The minimum absolute atomic E-state index is 0.199. The van der Waals surface area contributed by atoms with Gasteiger partial charge in [0.25, 0.3) is 0 Å². The summed E-state index contributed by atoms with van der Waals surface area (Å²) in [6.07, 6.45) is 3.07. The Morgan fingerprint density at radius 1 is 1.70 bits per heavy atom. The van der Waals surface area contributed by atoms with Crippen molar-refractivity contribution < 1.29 is 9.90 Å². The van der Waals surface area contributed by atoms with Crippen molar-refractivity contribution in [3.63, 3.8) is 0 Å². The van der Waals surface area contributed by atoms with Crippen molar-refractivity contribution >= 4 is 5.97 Å². The van der Waals surface area contributed by atoms with E-state index in [1.807, 2.05) is 0 Å². The Morgan fingerprint density at radius 3 is 2.30 bits per heavy atom. The fourth-order valence-corrected chi connectivity index (χ4v) is 1.18. The smallest absolute Gasteiger partial charge is 0.323 e. The average molecular weight is 143 g/mol. The quantitative estimate of drug-likeness (QED) is 0.594. The molecular formula is C7H13NO2. The lowest BCUT2D eigenvalue weighted by atomic mass is 9.72. The number of aliphatic carboxylic acids is 1. The van der Waals surface area contributed by atoms with Gasteiger partial charge < -0.3 is 10.8 Å². The van der Waals surface area contributed by atoms with Crippen LogP contribution in [0, 0.1) is 5.92 Å². The number of carbonyl (C=O) groups is 1. The zero-order valence-electron chi connectivity index (χ0n) is 6.13. The molecule has 0 heterocycles. The molecule has 1 unspecified atom stereocenters. The highest BCUT2D eigenvalue weighted by molar-refractivity contribution is 5.78. The van der Waals surface area contributed by atoms with Crippen LogP contribution in [0.25, 0.3) is 0 Å². The summed E-state index contributed by atoms with van der Waals surface area (Å²) in [4.78, 5) is 10.5. The van der Waals surface area contributed by atoms with Crippen LogP contribution in [0.4, 0.5) is 0 Å². The van der Waals surface area contributed by atoms with Crippen molar-refractivity contribution in [1.82, 2.24) is 0 Å². The topological polar surface area (TPSA) is 63.3 Å². The normalized spacial score (nSPS) is 25.0. The Labute approximate surface area is 60.2 Å². The molecule has 58 valence electrons. The first kappa shape index (κ1) is 7.54. The van der Waals surface area contributed by atoms with E-state index in [0.29, 0.717) is 0 Å². The van der Waals surface area contributed by atoms with E-state index in [1.165, 1.54) is 0 Å². The zero-order valence-corrected chi connectivity index (χ0v) is 6.13. The SMILES string of the molecule is CC(N)(C(=O)O)C1CCC1. The van der Waals surface area contributed by atoms with E-state index < -0.39 is 11.5 Å². The highest BCUT2D eigenvalue weighted by Crippen LogP contribution is 2.34. The Kier molecular flexibility index (Phi) is 1.68. The predicted octanol–water partition coefficient (Wildman–Crippen LogP) is 0.588. The first-order chi connectivity index (χ1) is 4.55. The zero-order chi connectivity index (χ0) is 7.78.